The lowest BCUT2D eigenvalue weighted by molar-refractivity contribution is 1.43. The van der Waals surface area contributed by atoms with E-state index in [1.165, 1.54) is 10.8 Å². The van der Waals surface area contributed by atoms with Crippen LogP contribution in [-0.4, -0.2) is 4.98 Å². The van der Waals surface area contributed by atoms with Gasteiger partial charge in [-0.1, -0.05) is 0 Å². The van der Waals surface area contributed by atoms with Crippen LogP contribution >= 0.6 is 31.9 Å². The van der Waals surface area contributed by atoms with Gasteiger partial charge in [0, 0.05) is 32.1 Å². The maximum absolute atomic E-state index is 3.44. The maximum Gasteiger partial charge on any atom is 0.0324 e. The molecular weight excluding hydrogens is 270 g/mol. The van der Waals surface area contributed by atoms with Crippen molar-refractivity contribution >= 4 is 42.6 Å². The topological polar surface area (TPSA) is 15.8 Å². The summed E-state index contributed by atoms with van der Waals surface area (Å²) in [5.74, 6) is 0. The Morgan fingerprint density at radius 1 is 0.909 bits per heavy atom. The van der Waals surface area contributed by atoms with E-state index in [0.717, 1.165) is 8.95 Å². The van der Waals surface area contributed by atoms with Crippen LogP contribution in [0.5, 0.6) is 0 Å². The molecule has 0 radical (unpaired) electrons. The Bertz CT molecular complexity index is 356. The Kier molecular flexibility index (Phi) is 1.77. The molecule has 0 saturated carbocycles. The Morgan fingerprint density at radius 3 is 1.82 bits per heavy atom. The monoisotopic (exact) mass is 273 g/mol. The lowest BCUT2D eigenvalue weighted by Gasteiger charge is -1.94. The zero-order valence-corrected chi connectivity index (χ0v) is 8.74. The Balaban J connectivity index is 2.86. The second-order valence-corrected chi connectivity index (χ2v) is 4.06. The molecule has 11 heavy (non-hydrogen) atoms. The molecule has 3 heteroatoms. The van der Waals surface area contributed by atoms with E-state index in [9.17, 15) is 0 Å². The fourth-order valence-corrected chi connectivity index (χ4v) is 1.77. The van der Waals surface area contributed by atoms with Crippen LogP contribution in [-0.2, 0) is 0 Å². The van der Waals surface area contributed by atoms with Crippen molar-refractivity contribution in [3.05, 3.63) is 33.5 Å². The molecule has 0 atom stereocenters. The third-order valence-electron chi connectivity index (χ3n) is 1.60. The summed E-state index contributed by atoms with van der Waals surface area (Å²) in [5, 5.41) is 2.44. The number of rotatable bonds is 0. The second-order valence-electron chi connectivity index (χ2n) is 2.35. The molecule has 0 spiro atoms. The van der Waals surface area contributed by atoms with Crippen LogP contribution in [0.3, 0.4) is 0 Å². The van der Waals surface area contributed by atoms with Crippen LogP contribution in [0.2, 0.25) is 0 Å². The number of halogens is 2. The van der Waals surface area contributed by atoms with Crippen molar-refractivity contribution in [1.82, 2.24) is 4.98 Å². The molecule has 56 valence electrons. The van der Waals surface area contributed by atoms with Gasteiger partial charge in [0.05, 0.1) is 0 Å². The van der Waals surface area contributed by atoms with Gasteiger partial charge in [0.2, 0.25) is 0 Å². The summed E-state index contributed by atoms with van der Waals surface area (Å²) in [6.45, 7) is 0. The van der Waals surface area contributed by atoms with Gasteiger partial charge in [-0.05, 0) is 44.0 Å². The van der Waals surface area contributed by atoms with Crippen LogP contribution in [0.4, 0.5) is 0 Å². The lowest BCUT2D eigenvalue weighted by atomic mass is 10.2. The third-order valence-corrected chi connectivity index (χ3v) is 3.45. The van der Waals surface area contributed by atoms with E-state index < -0.39 is 0 Å². The first kappa shape index (κ1) is 7.37. The molecular formula is C8H5Br2N. The van der Waals surface area contributed by atoms with Crippen LogP contribution in [0.15, 0.2) is 33.5 Å². The first-order valence-electron chi connectivity index (χ1n) is 3.19. The van der Waals surface area contributed by atoms with E-state index in [2.05, 4.69) is 49.0 Å². The van der Waals surface area contributed by atoms with Crippen molar-refractivity contribution in [2.24, 2.45) is 0 Å². The Morgan fingerprint density at radius 2 is 1.36 bits per heavy atom. The fraction of sp³-hybridized carbons (Fsp3) is 0. The minimum atomic E-state index is 1.09. The molecule has 0 bridgehead atoms. The molecule has 2 rings (SSSR count). The molecule has 1 aromatic heterocycles. The number of hydrogen-bond donors (Lipinski definition) is 1. The molecule has 1 aromatic carbocycles. The van der Waals surface area contributed by atoms with E-state index in [0.29, 0.717) is 0 Å². The molecule has 0 unspecified atom stereocenters. The maximum atomic E-state index is 3.44. The van der Waals surface area contributed by atoms with E-state index in [1.807, 2.05) is 12.4 Å². The molecule has 0 aliphatic carbocycles. The van der Waals surface area contributed by atoms with E-state index >= 15 is 0 Å². The SMILES string of the molecule is Brc1cc2c[nH]cc2cc1Br. The molecule has 0 saturated heterocycles. The van der Waals surface area contributed by atoms with Crippen LogP contribution in [0, 0.1) is 0 Å². The van der Waals surface area contributed by atoms with Gasteiger partial charge in [-0.3, -0.25) is 0 Å². The first-order valence-corrected chi connectivity index (χ1v) is 4.77. The zero-order valence-electron chi connectivity index (χ0n) is 5.57. The van der Waals surface area contributed by atoms with E-state index in [1.54, 1.807) is 0 Å². The van der Waals surface area contributed by atoms with Gasteiger partial charge in [0.15, 0.2) is 0 Å². The van der Waals surface area contributed by atoms with Gasteiger partial charge in [0.25, 0.3) is 0 Å². The fourth-order valence-electron chi connectivity index (χ4n) is 1.05. The quantitative estimate of drug-likeness (QED) is 0.754. The average Bonchev–Trinajstić information content (AvgIpc) is 2.36. The van der Waals surface area contributed by atoms with Gasteiger partial charge in [-0.2, -0.15) is 0 Å². The summed E-state index contributed by atoms with van der Waals surface area (Å²) in [7, 11) is 0. The predicted octanol–water partition coefficient (Wildman–Crippen LogP) is 3.69. The van der Waals surface area contributed by atoms with Gasteiger partial charge < -0.3 is 4.98 Å². The van der Waals surface area contributed by atoms with Crippen molar-refractivity contribution in [1.29, 1.82) is 0 Å². The highest BCUT2D eigenvalue weighted by Crippen LogP contribution is 2.28. The van der Waals surface area contributed by atoms with E-state index in [-0.39, 0.29) is 0 Å². The van der Waals surface area contributed by atoms with E-state index in [4.69, 9.17) is 0 Å². The third kappa shape index (κ3) is 1.23. The highest BCUT2D eigenvalue weighted by molar-refractivity contribution is 9.13. The van der Waals surface area contributed by atoms with Gasteiger partial charge in [0.1, 0.15) is 0 Å². The number of hydrogen-bond acceptors (Lipinski definition) is 0. The second kappa shape index (κ2) is 2.64. The summed E-state index contributed by atoms with van der Waals surface area (Å²) in [4.78, 5) is 3.05. The molecule has 1 heterocycles. The van der Waals surface area contributed by atoms with Gasteiger partial charge >= 0.3 is 0 Å². The minimum absolute atomic E-state index is 1.09. The normalized spacial score (nSPS) is 10.7. The zero-order chi connectivity index (χ0) is 7.84. The average molecular weight is 275 g/mol. The number of fused-ring (bicyclic) bond motifs is 1. The van der Waals surface area contributed by atoms with Gasteiger partial charge in [-0.25, -0.2) is 0 Å². The number of nitrogens with one attached hydrogen (secondary N) is 1. The van der Waals surface area contributed by atoms with Crippen molar-refractivity contribution in [3.63, 3.8) is 0 Å². The van der Waals surface area contributed by atoms with Crippen molar-refractivity contribution in [3.8, 4) is 0 Å². The van der Waals surface area contributed by atoms with Crippen molar-refractivity contribution < 1.29 is 0 Å². The summed E-state index contributed by atoms with van der Waals surface area (Å²) >= 11 is 6.88. The summed E-state index contributed by atoms with van der Waals surface area (Å²) in [5.41, 5.74) is 0. The lowest BCUT2D eigenvalue weighted by Crippen LogP contribution is -1.68. The molecule has 1 nitrogen and oxygen atoms in total. The van der Waals surface area contributed by atoms with Crippen LogP contribution in [0.25, 0.3) is 10.8 Å². The Labute approximate surface area is 81.1 Å². The highest BCUT2D eigenvalue weighted by Gasteiger charge is 1.99. The predicted molar refractivity (Wildman–Crippen MR) is 53.7 cm³/mol. The first-order chi connectivity index (χ1) is 5.27. The largest absolute Gasteiger partial charge is 0.366 e. The summed E-state index contributed by atoms with van der Waals surface area (Å²) < 4.78 is 2.18. The molecule has 0 amide bonds. The molecule has 0 aliphatic rings. The highest BCUT2D eigenvalue weighted by atomic mass is 79.9. The van der Waals surface area contributed by atoms with Crippen molar-refractivity contribution in [2.45, 2.75) is 0 Å². The smallest absolute Gasteiger partial charge is 0.0324 e. The standard InChI is InChI=1S/C8H5Br2N/c9-7-1-5-3-11-4-6(5)2-8(7)10/h1-4,11H. The summed E-state index contributed by atoms with van der Waals surface area (Å²) in [6.07, 6.45) is 3.96. The molecule has 2 aromatic rings. The Hall–Kier alpha value is -0.280. The number of H-pyrrole nitrogens is 1. The molecule has 1 N–H and O–H groups in total. The summed E-state index contributed by atoms with van der Waals surface area (Å²) in [6, 6.07) is 4.16. The number of benzene rings is 1. The van der Waals surface area contributed by atoms with Crippen LogP contribution < -0.4 is 0 Å². The molecule has 0 fully saturated rings. The number of aromatic nitrogens is 1. The van der Waals surface area contributed by atoms with Crippen LogP contribution in [0.1, 0.15) is 0 Å². The van der Waals surface area contributed by atoms with Crippen molar-refractivity contribution in [2.75, 3.05) is 0 Å². The molecule has 0 aliphatic heterocycles. The van der Waals surface area contributed by atoms with Gasteiger partial charge in [-0.15, -0.1) is 0 Å². The minimum Gasteiger partial charge on any atom is -0.366 e. The number of aromatic amines is 1.